The third-order valence-electron chi connectivity index (χ3n) is 6.79. The van der Waals surface area contributed by atoms with Crippen LogP contribution in [0, 0.1) is 5.92 Å². The van der Waals surface area contributed by atoms with E-state index in [0.717, 1.165) is 19.3 Å². The average Bonchev–Trinajstić information content (AvgIpc) is 2.88. The van der Waals surface area contributed by atoms with Crippen molar-refractivity contribution < 1.29 is 19.1 Å². The minimum atomic E-state index is -0.458. The molecule has 0 spiro atoms. The Morgan fingerprint density at radius 1 is 0.629 bits per heavy atom. The van der Waals surface area contributed by atoms with Gasteiger partial charge in [-0.05, 0) is 24.5 Å². The SMILES string of the molecule is CCCCCCCCCCCCCCCCCCOC(=O)c1ccccc1C(=O)OCC(C)CC. The van der Waals surface area contributed by atoms with E-state index >= 15 is 0 Å². The normalized spacial score (nSPS) is 11.9. The zero-order valence-electron chi connectivity index (χ0n) is 23.0. The molecular formula is C31H52O4. The van der Waals surface area contributed by atoms with Gasteiger partial charge < -0.3 is 9.47 Å². The van der Waals surface area contributed by atoms with Crippen molar-refractivity contribution in [3.05, 3.63) is 35.4 Å². The van der Waals surface area contributed by atoms with Crippen LogP contribution in [0.2, 0.25) is 0 Å². The molecule has 1 aromatic carbocycles. The maximum atomic E-state index is 12.5. The Morgan fingerprint density at radius 3 is 1.46 bits per heavy atom. The summed E-state index contributed by atoms with van der Waals surface area (Å²) in [5, 5.41) is 0. The van der Waals surface area contributed by atoms with Gasteiger partial charge in [0, 0.05) is 0 Å². The summed E-state index contributed by atoms with van der Waals surface area (Å²) in [5.74, 6) is -0.602. The minimum Gasteiger partial charge on any atom is -0.462 e. The van der Waals surface area contributed by atoms with Crippen molar-refractivity contribution in [3.8, 4) is 0 Å². The molecule has 35 heavy (non-hydrogen) atoms. The van der Waals surface area contributed by atoms with E-state index in [2.05, 4.69) is 13.8 Å². The topological polar surface area (TPSA) is 52.6 Å². The Balaban J connectivity index is 2.04. The fourth-order valence-corrected chi connectivity index (χ4v) is 4.15. The molecule has 0 aliphatic heterocycles. The number of unbranched alkanes of at least 4 members (excludes halogenated alkanes) is 15. The van der Waals surface area contributed by atoms with Gasteiger partial charge in [-0.25, -0.2) is 9.59 Å². The largest absolute Gasteiger partial charge is 0.462 e. The number of carbonyl (C=O) groups excluding carboxylic acids is 2. The van der Waals surface area contributed by atoms with Crippen LogP contribution in [0.1, 0.15) is 151 Å². The molecule has 0 radical (unpaired) electrons. The highest BCUT2D eigenvalue weighted by Crippen LogP contribution is 2.15. The first kappa shape index (κ1) is 31.2. The first-order valence-electron chi connectivity index (χ1n) is 14.5. The Labute approximate surface area is 215 Å². The van der Waals surface area contributed by atoms with Crippen LogP contribution < -0.4 is 0 Å². The fourth-order valence-electron chi connectivity index (χ4n) is 4.15. The molecule has 0 saturated carbocycles. The van der Waals surface area contributed by atoms with Gasteiger partial charge in [0.15, 0.2) is 0 Å². The van der Waals surface area contributed by atoms with Crippen molar-refractivity contribution >= 4 is 11.9 Å². The van der Waals surface area contributed by atoms with Crippen LogP contribution in [0.3, 0.4) is 0 Å². The van der Waals surface area contributed by atoms with Crippen LogP contribution in [0.25, 0.3) is 0 Å². The summed E-state index contributed by atoms with van der Waals surface area (Å²) in [6.45, 7) is 7.12. The van der Waals surface area contributed by atoms with E-state index in [4.69, 9.17) is 9.47 Å². The number of hydrogen-bond donors (Lipinski definition) is 0. The molecule has 200 valence electrons. The molecule has 4 heteroatoms. The second-order valence-electron chi connectivity index (χ2n) is 10.1. The predicted molar refractivity (Wildman–Crippen MR) is 146 cm³/mol. The second kappa shape index (κ2) is 21.4. The van der Waals surface area contributed by atoms with Gasteiger partial charge in [0.1, 0.15) is 0 Å². The lowest BCUT2D eigenvalue weighted by molar-refractivity contribution is 0.0419. The van der Waals surface area contributed by atoms with Crippen molar-refractivity contribution in [2.75, 3.05) is 13.2 Å². The highest BCUT2D eigenvalue weighted by atomic mass is 16.5. The Morgan fingerprint density at radius 2 is 1.03 bits per heavy atom. The molecular weight excluding hydrogens is 436 g/mol. The highest BCUT2D eigenvalue weighted by Gasteiger charge is 2.19. The molecule has 0 amide bonds. The number of esters is 2. The van der Waals surface area contributed by atoms with E-state index in [-0.39, 0.29) is 11.1 Å². The molecule has 0 N–H and O–H groups in total. The Hall–Kier alpha value is -1.84. The maximum absolute atomic E-state index is 12.5. The summed E-state index contributed by atoms with van der Waals surface area (Å²) < 4.78 is 10.8. The zero-order valence-corrected chi connectivity index (χ0v) is 23.0. The van der Waals surface area contributed by atoms with Crippen molar-refractivity contribution in [1.29, 1.82) is 0 Å². The van der Waals surface area contributed by atoms with Crippen molar-refractivity contribution in [2.45, 2.75) is 130 Å². The highest BCUT2D eigenvalue weighted by molar-refractivity contribution is 6.03. The van der Waals surface area contributed by atoms with Gasteiger partial charge >= 0.3 is 11.9 Å². The number of rotatable bonds is 22. The van der Waals surface area contributed by atoms with Crippen LogP contribution in [0.15, 0.2) is 24.3 Å². The van der Waals surface area contributed by atoms with Gasteiger partial charge in [0.05, 0.1) is 24.3 Å². The molecule has 0 heterocycles. The predicted octanol–water partition coefficient (Wildman–Crippen LogP) is 9.31. The van der Waals surface area contributed by atoms with Gasteiger partial charge in [-0.1, -0.05) is 136 Å². The molecule has 1 atom stereocenters. The van der Waals surface area contributed by atoms with Crippen LogP contribution in [0.4, 0.5) is 0 Å². The van der Waals surface area contributed by atoms with E-state index in [1.807, 2.05) is 6.92 Å². The molecule has 0 aliphatic carbocycles. The van der Waals surface area contributed by atoms with Gasteiger partial charge in [-0.3, -0.25) is 0 Å². The molecule has 0 saturated heterocycles. The van der Waals surface area contributed by atoms with Crippen molar-refractivity contribution in [2.24, 2.45) is 5.92 Å². The van der Waals surface area contributed by atoms with Gasteiger partial charge in [-0.15, -0.1) is 0 Å². The van der Waals surface area contributed by atoms with Crippen molar-refractivity contribution in [1.82, 2.24) is 0 Å². The summed E-state index contributed by atoms with van der Waals surface area (Å²) >= 11 is 0. The van der Waals surface area contributed by atoms with Gasteiger partial charge in [-0.2, -0.15) is 0 Å². The number of benzene rings is 1. The van der Waals surface area contributed by atoms with E-state index in [9.17, 15) is 9.59 Å². The summed E-state index contributed by atoms with van der Waals surface area (Å²) in [5.41, 5.74) is 0.575. The standard InChI is InChI=1S/C31H52O4/c1-4-6-7-8-9-10-11-12-13-14-15-16-17-18-19-22-25-34-30(32)28-23-20-21-24-29(28)31(33)35-26-27(3)5-2/h20-21,23-24,27H,4-19,22,25-26H2,1-3H3. The maximum Gasteiger partial charge on any atom is 0.339 e. The first-order valence-corrected chi connectivity index (χ1v) is 14.5. The monoisotopic (exact) mass is 488 g/mol. The third-order valence-corrected chi connectivity index (χ3v) is 6.79. The molecule has 4 nitrogen and oxygen atoms in total. The smallest absolute Gasteiger partial charge is 0.339 e. The van der Waals surface area contributed by atoms with Crippen LogP contribution in [0.5, 0.6) is 0 Å². The number of hydrogen-bond acceptors (Lipinski definition) is 4. The number of carbonyl (C=O) groups is 2. The van der Waals surface area contributed by atoms with E-state index in [1.165, 1.54) is 89.9 Å². The van der Waals surface area contributed by atoms with E-state index in [0.29, 0.717) is 19.1 Å². The summed E-state index contributed by atoms with van der Waals surface area (Å²) in [6, 6.07) is 6.75. The fraction of sp³-hybridized carbons (Fsp3) is 0.742. The molecule has 0 aromatic heterocycles. The van der Waals surface area contributed by atoms with E-state index in [1.54, 1.807) is 24.3 Å². The van der Waals surface area contributed by atoms with Crippen LogP contribution >= 0.6 is 0 Å². The van der Waals surface area contributed by atoms with E-state index < -0.39 is 11.9 Å². The molecule has 0 aliphatic rings. The zero-order chi connectivity index (χ0) is 25.6. The van der Waals surface area contributed by atoms with Gasteiger partial charge in [0.25, 0.3) is 0 Å². The van der Waals surface area contributed by atoms with Gasteiger partial charge in [0.2, 0.25) is 0 Å². The molecule has 1 unspecified atom stereocenters. The lowest BCUT2D eigenvalue weighted by Gasteiger charge is -2.12. The summed E-state index contributed by atoms with van der Waals surface area (Å²) in [4.78, 5) is 24.9. The van der Waals surface area contributed by atoms with Crippen LogP contribution in [-0.4, -0.2) is 25.2 Å². The summed E-state index contributed by atoms with van der Waals surface area (Å²) in [6.07, 6.45) is 22.0. The first-order chi connectivity index (χ1) is 17.1. The molecule has 1 rings (SSSR count). The molecule has 1 aromatic rings. The Bertz CT molecular complexity index is 670. The average molecular weight is 489 g/mol. The minimum absolute atomic E-state index is 0.285. The Kier molecular flexibility index (Phi) is 19.1. The van der Waals surface area contributed by atoms with Crippen LogP contribution in [-0.2, 0) is 9.47 Å². The second-order valence-corrected chi connectivity index (χ2v) is 10.1. The number of ether oxygens (including phenoxy) is 2. The molecule has 0 bridgehead atoms. The third kappa shape index (κ3) is 15.7. The molecule has 0 fully saturated rings. The lowest BCUT2D eigenvalue weighted by Crippen LogP contribution is -2.16. The van der Waals surface area contributed by atoms with Crippen molar-refractivity contribution in [3.63, 3.8) is 0 Å². The summed E-state index contributed by atoms with van der Waals surface area (Å²) in [7, 11) is 0. The lowest BCUT2D eigenvalue weighted by atomic mass is 10.0. The quantitative estimate of drug-likeness (QED) is 0.120.